The van der Waals surface area contributed by atoms with Gasteiger partial charge in [0.1, 0.15) is 5.82 Å². The minimum atomic E-state index is -0.233. The minimum Gasteiger partial charge on any atom is -0.324 e. The Kier molecular flexibility index (Phi) is 3.46. The van der Waals surface area contributed by atoms with Crippen LogP contribution in [0.4, 0.5) is 0 Å². The monoisotopic (exact) mass is 360 g/mol. The van der Waals surface area contributed by atoms with Crippen molar-refractivity contribution in [1.29, 1.82) is 0 Å². The summed E-state index contributed by atoms with van der Waals surface area (Å²) in [6, 6.07) is 11.3. The third kappa shape index (κ3) is 2.55. The van der Waals surface area contributed by atoms with Crippen molar-refractivity contribution in [2.45, 2.75) is 19.5 Å². The molecule has 4 aromatic rings. The normalized spacial score (nSPS) is 16.5. The summed E-state index contributed by atoms with van der Waals surface area (Å²) in [6.45, 7) is 3.05. The molecule has 0 bridgehead atoms. The van der Waals surface area contributed by atoms with Crippen LogP contribution in [0.5, 0.6) is 0 Å². The Bertz CT molecular complexity index is 1100. The van der Waals surface area contributed by atoms with E-state index in [4.69, 9.17) is 0 Å². The van der Waals surface area contributed by atoms with E-state index in [1.54, 1.807) is 23.4 Å². The Morgan fingerprint density at radius 3 is 2.74 bits per heavy atom. The van der Waals surface area contributed by atoms with Crippen LogP contribution in [0, 0.1) is 0 Å². The molecular formula is C18H16N8O. The highest BCUT2D eigenvalue weighted by atomic mass is 16.2. The first-order valence-corrected chi connectivity index (χ1v) is 8.69. The first-order valence-electron chi connectivity index (χ1n) is 8.69. The van der Waals surface area contributed by atoms with E-state index in [1.165, 1.54) is 4.52 Å². The lowest BCUT2D eigenvalue weighted by Crippen LogP contribution is -2.42. The van der Waals surface area contributed by atoms with Gasteiger partial charge in [-0.1, -0.05) is 30.3 Å². The summed E-state index contributed by atoms with van der Waals surface area (Å²) >= 11 is 0. The summed E-state index contributed by atoms with van der Waals surface area (Å²) in [6.07, 6.45) is 3.34. The molecule has 1 aromatic carbocycles. The largest absolute Gasteiger partial charge is 0.324 e. The fourth-order valence-corrected chi connectivity index (χ4v) is 3.30. The fraction of sp³-hybridized carbons (Fsp3) is 0.222. The first-order chi connectivity index (χ1) is 13.2. The van der Waals surface area contributed by atoms with Crippen molar-refractivity contribution in [3.63, 3.8) is 0 Å². The van der Waals surface area contributed by atoms with Gasteiger partial charge in [0, 0.05) is 24.5 Å². The lowest BCUT2D eigenvalue weighted by Gasteiger charge is -2.31. The molecule has 0 radical (unpaired) electrons. The van der Waals surface area contributed by atoms with Crippen molar-refractivity contribution in [2.24, 2.45) is 0 Å². The van der Waals surface area contributed by atoms with Gasteiger partial charge in [-0.25, -0.2) is 19.2 Å². The summed E-state index contributed by atoms with van der Waals surface area (Å²) in [5.41, 5.74) is 0.956. The zero-order chi connectivity index (χ0) is 18.4. The number of benzene rings is 1. The maximum absolute atomic E-state index is 13.0. The number of amides is 1. The second-order valence-corrected chi connectivity index (χ2v) is 6.36. The Hall–Kier alpha value is -3.62. The van der Waals surface area contributed by atoms with E-state index in [0.717, 1.165) is 11.4 Å². The molecule has 0 unspecified atom stereocenters. The molecular weight excluding hydrogens is 344 g/mol. The molecule has 0 aliphatic carbocycles. The van der Waals surface area contributed by atoms with Crippen LogP contribution in [0.1, 0.15) is 29.4 Å². The van der Waals surface area contributed by atoms with Crippen LogP contribution < -0.4 is 0 Å². The number of hydrogen-bond acceptors (Lipinski definition) is 6. The third-order valence-corrected chi connectivity index (χ3v) is 4.69. The van der Waals surface area contributed by atoms with Crippen molar-refractivity contribution in [3.05, 3.63) is 60.4 Å². The van der Waals surface area contributed by atoms with Gasteiger partial charge < -0.3 is 4.90 Å². The number of aromatic nitrogens is 7. The second-order valence-electron chi connectivity index (χ2n) is 6.36. The van der Waals surface area contributed by atoms with Crippen LogP contribution in [0.15, 0.2) is 48.8 Å². The zero-order valence-corrected chi connectivity index (χ0v) is 14.6. The Morgan fingerprint density at radius 2 is 1.93 bits per heavy atom. The van der Waals surface area contributed by atoms with Crippen LogP contribution in [0.3, 0.4) is 0 Å². The molecule has 0 saturated carbocycles. The predicted octanol–water partition coefficient (Wildman–Crippen LogP) is 1.60. The quantitative estimate of drug-likeness (QED) is 0.539. The number of rotatable bonds is 2. The summed E-state index contributed by atoms with van der Waals surface area (Å²) in [7, 11) is 0. The van der Waals surface area contributed by atoms with Gasteiger partial charge in [0.05, 0.1) is 12.6 Å². The average Bonchev–Trinajstić information content (AvgIpc) is 3.33. The topological polar surface area (TPSA) is 94.1 Å². The van der Waals surface area contributed by atoms with Crippen LogP contribution in [0.2, 0.25) is 0 Å². The first kappa shape index (κ1) is 15.6. The lowest BCUT2D eigenvalue weighted by molar-refractivity contribution is 0.0618. The molecule has 9 nitrogen and oxygen atoms in total. The SMILES string of the molecule is C[C@H]1c2nc(-c3ccccc3)nn2CCN1C(=O)c1nc2ncccn2n1. The van der Waals surface area contributed by atoms with Gasteiger partial charge in [-0.15, -0.1) is 5.10 Å². The fourth-order valence-electron chi connectivity index (χ4n) is 3.30. The highest BCUT2D eigenvalue weighted by molar-refractivity contribution is 5.91. The Balaban J connectivity index is 1.46. The molecule has 5 rings (SSSR count). The van der Waals surface area contributed by atoms with Gasteiger partial charge in [0.15, 0.2) is 5.82 Å². The molecule has 0 N–H and O–H groups in total. The minimum absolute atomic E-state index is 0.136. The molecule has 1 atom stereocenters. The molecule has 1 aliphatic heterocycles. The van der Waals surface area contributed by atoms with E-state index in [0.29, 0.717) is 24.7 Å². The molecule has 27 heavy (non-hydrogen) atoms. The summed E-state index contributed by atoms with van der Waals surface area (Å²) in [5.74, 6) is 1.73. The van der Waals surface area contributed by atoms with Gasteiger partial charge in [-0.2, -0.15) is 10.1 Å². The second kappa shape index (κ2) is 5.97. The zero-order valence-electron chi connectivity index (χ0n) is 14.6. The Morgan fingerprint density at radius 1 is 1.07 bits per heavy atom. The van der Waals surface area contributed by atoms with E-state index in [9.17, 15) is 4.79 Å². The average molecular weight is 360 g/mol. The van der Waals surface area contributed by atoms with Gasteiger partial charge >= 0.3 is 0 Å². The number of carbonyl (C=O) groups excluding carboxylic acids is 1. The summed E-state index contributed by atoms with van der Waals surface area (Å²) < 4.78 is 3.37. The highest BCUT2D eigenvalue weighted by Crippen LogP contribution is 2.27. The van der Waals surface area contributed by atoms with Crippen molar-refractivity contribution in [3.8, 4) is 11.4 Å². The van der Waals surface area contributed by atoms with Gasteiger partial charge in [0.25, 0.3) is 11.7 Å². The van der Waals surface area contributed by atoms with Crippen molar-refractivity contribution >= 4 is 11.7 Å². The van der Waals surface area contributed by atoms with Crippen LogP contribution in [-0.2, 0) is 6.54 Å². The highest BCUT2D eigenvalue weighted by Gasteiger charge is 2.33. The van der Waals surface area contributed by atoms with Crippen LogP contribution >= 0.6 is 0 Å². The predicted molar refractivity (Wildman–Crippen MR) is 95.7 cm³/mol. The molecule has 0 spiro atoms. The standard InChI is InChI=1S/C18H16N8O/c1-12-16-20-14(13-6-3-2-4-7-13)22-25(16)11-10-24(12)17(27)15-21-18-19-8-5-9-26(18)23-15/h2-9,12H,10-11H2,1H3/t12-/m0/s1. The molecule has 1 amide bonds. The summed E-state index contributed by atoms with van der Waals surface area (Å²) in [5, 5.41) is 8.84. The van der Waals surface area contributed by atoms with E-state index in [2.05, 4.69) is 25.1 Å². The molecule has 3 aromatic heterocycles. The smallest absolute Gasteiger partial charge is 0.294 e. The van der Waals surface area contributed by atoms with Crippen LogP contribution in [0.25, 0.3) is 17.2 Å². The maximum Gasteiger partial charge on any atom is 0.294 e. The molecule has 134 valence electrons. The molecule has 0 fully saturated rings. The van der Waals surface area contributed by atoms with E-state index < -0.39 is 0 Å². The number of carbonyl (C=O) groups is 1. The number of hydrogen-bond donors (Lipinski definition) is 0. The maximum atomic E-state index is 13.0. The van der Waals surface area contributed by atoms with Gasteiger partial charge in [-0.05, 0) is 13.0 Å². The van der Waals surface area contributed by atoms with Crippen molar-refractivity contribution in [2.75, 3.05) is 6.54 Å². The molecule has 4 heterocycles. The molecule has 9 heteroatoms. The van der Waals surface area contributed by atoms with Gasteiger partial charge in [-0.3, -0.25) is 4.79 Å². The number of nitrogens with zero attached hydrogens (tertiary/aromatic N) is 8. The molecule has 0 saturated heterocycles. The van der Waals surface area contributed by atoms with E-state index in [-0.39, 0.29) is 17.8 Å². The molecule has 1 aliphatic rings. The van der Waals surface area contributed by atoms with Crippen molar-refractivity contribution < 1.29 is 4.79 Å². The Labute approximate surface area is 154 Å². The van der Waals surface area contributed by atoms with Crippen LogP contribution in [-0.4, -0.2) is 51.7 Å². The van der Waals surface area contributed by atoms with E-state index in [1.807, 2.05) is 41.9 Å². The number of fused-ring (bicyclic) bond motifs is 2. The van der Waals surface area contributed by atoms with Crippen molar-refractivity contribution in [1.82, 2.24) is 39.2 Å². The third-order valence-electron chi connectivity index (χ3n) is 4.69. The summed E-state index contributed by atoms with van der Waals surface area (Å²) in [4.78, 5) is 27.7. The van der Waals surface area contributed by atoms with E-state index >= 15 is 0 Å². The lowest BCUT2D eigenvalue weighted by atomic mass is 10.2. The van der Waals surface area contributed by atoms with Gasteiger partial charge in [0.2, 0.25) is 5.82 Å².